The lowest BCUT2D eigenvalue weighted by molar-refractivity contribution is 0.332. The Morgan fingerprint density at radius 1 is 1.20 bits per heavy atom. The first-order valence-corrected chi connectivity index (χ1v) is 5.73. The summed E-state index contributed by atoms with van der Waals surface area (Å²) in [6.07, 6.45) is 4.39. The predicted molar refractivity (Wildman–Crippen MR) is 62.5 cm³/mol. The van der Waals surface area contributed by atoms with Gasteiger partial charge in [0.1, 0.15) is 11.5 Å². The molecule has 1 rings (SSSR count). The Morgan fingerprint density at radius 3 is 2.67 bits per heavy atom. The zero-order valence-electron chi connectivity index (χ0n) is 9.62. The van der Waals surface area contributed by atoms with Gasteiger partial charge >= 0.3 is 0 Å². The lowest BCUT2D eigenvalue weighted by atomic mass is 10.1. The van der Waals surface area contributed by atoms with Crippen LogP contribution in [-0.4, -0.2) is 11.7 Å². The van der Waals surface area contributed by atoms with Crippen LogP contribution in [0.3, 0.4) is 0 Å². The molecule has 0 aromatic heterocycles. The summed E-state index contributed by atoms with van der Waals surface area (Å²) in [6, 6.07) is 5.47. The highest BCUT2D eigenvalue weighted by Gasteiger charge is 2.07. The normalized spacial score (nSPS) is 10.3. The van der Waals surface area contributed by atoms with Crippen LogP contribution in [0.5, 0.6) is 11.5 Å². The molecule has 0 atom stereocenters. The third-order valence-corrected chi connectivity index (χ3v) is 2.44. The van der Waals surface area contributed by atoms with E-state index in [1.165, 1.54) is 12.8 Å². The monoisotopic (exact) mass is 208 g/mol. The number of hydrogen-bond donors (Lipinski definition) is 1. The number of unbranched alkanes of at least 4 members (excludes halogenated alkanes) is 2. The highest BCUT2D eigenvalue weighted by molar-refractivity contribution is 5.43. The molecule has 1 aromatic rings. The molecule has 84 valence electrons. The fraction of sp³-hybridized carbons (Fsp3) is 0.538. The third-order valence-electron chi connectivity index (χ3n) is 2.44. The maximum Gasteiger partial charge on any atom is 0.126 e. The number of phenolic OH excluding ortho intramolecular Hbond substituents is 1. The van der Waals surface area contributed by atoms with Crippen molar-refractivity contribution in [2.24, 2.45) is 0 Å². The molecule has 0 heterocycles. The van der Waals surface area contributed by atoms with Crippen molar-refractivity contribution in [1.82, 2.24) is 0 Å². The van der Waals surface area contributed by atoms with Gasteiger partial charge in [-0.2, -0.15) is 0 Å². The van der Waals surface area contributed by atoms with Gasteiger partial charge in [-0.3, -0.25) is 0 Å². The van der Waals surface area contributed by atoms with E-state index in [0.29, 0.717) is 12.4 Å². The van der Waals surface area contributed by atoms with Gasteiger partial charge in [0, 0.05) is 5.56 Å². The molecular weight excluding hydrogens is 188 g/mol. The minimum absolute atomic E-state index is 0.358. The average Bonchev–Trinajstić information content (AvgIpc) is 2.23. The van der Waals surface area contributed by atoms with E-state index in [1.54, 1.807) is 6.07 Å². The molecule has 0 aliphatic rings. The van der Waals surface area contributed by atoms with Crippen LogP contribution in [0, 0.1) is 0 Å². The van der Waals surface area contributed by atoms with Crippen molar-refractivity contribution >= 4 is 0 Å². The second kappa shape index (κ2) is 6.33. The first-order valence-electron chi connectivity index (χ1n) is 5.73. The maximum absolute atomic E-state index is 9.74. The topological polar surface area (TPSA) is 29.5 Å². The zero-order chi connectivity index (χ0) is 11.1. The van der Waals surface area contributed by atoms with E-state index in [0.717, 1.165) is 24.2 Å². The van der Waals surface area contributed by atoms with E-state index < -0.39 is 0 Å². The number of aromatic hydroxyl groups is 1. The first kappa shape index (κ1) is 11.9. The van der Waals surface area contributed by atoms with E-state index in [1.807, 2.05) is 19.1 Å². The van der Waals surface area contributed by atoms with Crippen LogP contribution < -0.4 is 4.74 Å². The Hall–Kier alpha value is -1.18. The molecule has 2 nitrogen and oxygen atoms in total. The summed E-state index contributed by atoms with van der Waals surface area (Å²) in [6.45, 7) is 4.78. The molecule has 0 saturated carbocycles. The Bertz CT molecular complexity index is 295. The average molecular weight is 208 g/mol. The zero-order valence-corrected chi connectivity index (χ0v) is 9.62. The molecule has 1 aromatic carbocycles. The number of hydrogen-bond acceptors (Lipinski definition) is 2. The summed E-state index contributed by atoms with van der Waals surface area (Å²) in [7, 11) is 0. The van der Waals surface area contributed by atoms with E-state index in [2.05, 4.69) is 6.92 Å². The lowest BCUT2D eigenvalue weighted by Crippen LogP contribution is -1.97. The molecule has 0 spiro atoms. The summed E-state index contributed by atoms with van der Waals surface area (Å²) in [5.74, 6) is 1.19. The number of ether oxygens (including phenoxy) is 1. The molecular formula is C13H20O2. The largest absolute Gasteiger partial charge is 0.508 e. The fourth-order valence-electron chi connectivity index (χ4n) is 1.65. The van der Waals surface area contributed by atoms with Gasteiger partial charge in [-0.1, -0.05) is 25.8 Å². The predicted octanol–water partition coefficient (Wildman–Crippen LogP) is 3.52. The molecule has 0 aliphatic carbocycles. The van der Waals surface area contributed by atoms with Gasteiger partial charge in [-0.15, -0.1) is 0 Å². The van der Waals surface area contributed by atoms with Gasteiger partial charge in [0.25, 0.3) is 0 Å². The lowest BCUT2D eigenvalue weighted by Gasteiger charge is -2.11. The van der Waals surface area contributed by atoms with Crippen LogP contribution in [0.25, 0.3) is 0 Å². The third kappa shape index (κ3) is 3.46. The molecule has 15 heavy (non-hydrogen) atoms. The summed E-state index contributed by atoms with van der Waals surface area (Å²) < 4.78 is 5.49. The Labute approximate surface area is 91.9 Å². The van der Waals surface area contributed by atoms with Gasteiger partial charge in [0.05, 0.1) is 6.61 Å². The van der Waals surface area contributed by atoms with Crippen LogP contribution in [0.1, 0.15) is 38.7 Å². The minimum Gasteiger partial charge on any atom is -0.508 e. The van der Waals surface area contributed by atoms with E-state index in [-0.39, 0.29) is 0 Å². The molecule has 0 fully saturated rings. The van der Waals surface area contributed by atoms with Crippen molar-refractivity contribution in [1.29, 1.82) is 0 Å². The quantitative estimate of drug-likeness (QED) is 0.725. The summed E-state index contributed by atoms with van der Waals surface area (Å²) in [5.41, 5.74) is 0.952. The molecule has 0 unspecified atom stereocenters. The van der Waals surface area contributed by atoms with Crippen molar-refractivity contribution < 1.29 is 9.84 Å². The van der Waals surface area contributed by atoms with E-state index in [9.17, 15) is 5.11 Å². The van der Waals surface area contributed by atoms with Gasteiger partial charge in [-0.25, -0.2) is 0 Å². The highest BCUT2D eigenvalue weighted by Crippen LogP contribution is 2.29. The molecule has 0 bridgehead atoms. The molecule has 0 amide bonds. The Morgan fingerprint density at radius 2 is 2.00 bits per heavy atom. The number of rotatable bonds is 6. The molecule has 0 radical (unpaired) electrons. The van der Waals surface area contributed by atoms with Crippen LogP contribution in [-0.2, 0) is 6.42 Å². The second-order valence-corrected chi connectivity index (χ2v) is 3.64. The molecule has 0 aliphatic heterocycles. The van der Waals surface area contributed by atoms with Gasteiger partial charge in [-0.05, 0) is 31.9 Å². The highest BCUT2D eigenvalue weighted by atomic mass is 16.5. The molecule has 0 saturated heterocycles. The molecule has 2 heteroatoms. The van der Waals surface area contributed by atoms with Crippen LogP contribution in [0.4, 0.5) is 0 Å². The maximum atomic E-state index is 9.74. The Kier molecular flexibility index (Phi) is 5.02. The van der Waals surface area contributed by atoms with Crippen molar-refractivity contribution in [3.05, 3.63) is 23.8 Å². The first-order chi connectivity index (χ1) is 7.29. The SMILES string of the molecule is CCCCCc1c(O)cccc1OCC. The Balaban J connectivity index is 2.72. The fourth-order valence-corrected chi connectivity index (χ4v) is 1.65. The summed E-state index contributed by atoms with van der Waals surface area (Å²) >= 11 is 0. The van der Waals surface area contributed by atoms with Crippen LogP contribution >= 0.6 is 0 Å². The van der Waals surface area contributed by atoms with Gasteiger partial charge in [0.2, 0.25) is 0 Å². The smallest absolute Gasteiger partial charge is 0.126 e. The van der Waals surface area contributed by atoms with Crippen molar-refractivity contribution in [3.63, 3.8) is 0 Å². The summed E-state index contributed by atoms with van der Waals surface area (Å²) in [4.78, 5) is 0. The number of phenols is 1. The number of benzene rings is 1. The standard InChI is InChI=1S/C13H20O2/c1-3-5-6-8-11-12(14)9-7-10-13(11)15-4-2/h7,9-10,14H,3-6,8H2,1-2H3. The van der Waals surface area contributed by atoms with Crippen molar-refractivity contribution in [3.8, 4) is 11.5 Å². The van der Waals surface area contributed by atoms with Crippen LogP contribution in [0.2, 0.25) is 0 Å². The van der Waals surface area contributed by atoms with Gasteiger partial charge in [0.15, 0.2) is 0 Å². The molecule has 1 N–H and O–H groups in total. The van der Waals surface area contributed by atoms with E-state index >= 15 is 0 Å². The second-order valence-electron chi connectivity index (χ2n) is 3.64. The van der Waals surface area contributed by atoms with Crippen LogP contribution in [0.15, 0.2) is 18.2 Å². The summed E-state index contributed by atoms with van der Waals surface area (Å²) in [5, 5.41) is 9.74. The minimum atomic E-state index is 0.358. The van der Waals surface area contributed by atoms with Crippen molar-refractivity contribution in [2.75, 3.05) is 6.61 Å². The van der Waals surface area contributed by atoms with Crippen molar-refractivity contribution in [2.45, 2.75) is 39.5 Å². The van der Waals surface area contributed by atoms with E-state index in [4.69, 9.17) is 4.74 Å². The van der Waals surface area contributed by atoms with Gasteiger partial charge < -0.3 is 9.84 Å².